The minimum Gasteiger partial charge on any atom is -0.384 e. The monoisotopic (exact) mass is 304 g/mol. The first-order chi connectivity index (χ1) is 8.92. The minimum atomic E-state index is -3.48. The summed E-state index contributed by atoms with van der Waals surface area (Å²) in [5.74, 6) is 0. The Balaban J connectivity index is 1.97. The maximum Gasteiger partial charge on any atom is 0.279 e. The summed E-state index contributed by atoms with van der Waals surface area (Å²) in [6.45, 7) is 2.74. The van der Waals surface area contributed by atoms with Crippen LogP contribution in [0.25, 0.3) is 0 Å². The van der Waals surface area contributed by atoms with Crippen LogP contribution in [0.5, 0.6) is 0 Å². The molecule has 1 unspecified atom stereocenters. The standard InChI is InChI=1S/C12H20N2O3S2/c1-12(15,11-5-8-18-9-11)10-13-19(16,17)14-6-3-2-4-7-14/h5,8-9,13,15H,2-4,6-7,10H2,1H3. The molecule has 1 aromatic rings. The van der Waals surface area contributed by atoms with Gasteiger partial charge in [-0.25, -0.2) is 0 Å². The highest BCUT2D eigenvalue weighted by Crippen LogP contribution is 2.22. The molecule has 7 heteroatoms. The summed E-state index contributed by atoms with van der Waals surface area (Å²) in [7, 11) is -3.48. The second-order valence-electron chi connectivity index (χ2n) is 5.07. The van der Waals surface area contributed by atoms with Gasteiger partial charge in [0.1, 0.15) is 5.60 Å². The lowest BCUT2D eigenvalue weighted by Gasteiger charge is -2.28. The first-order valence-corrected chi connectivity index (χ1v) is 8.80. The third kappa shape index (κ3) is 3.76. The smallest absolute Gasteiger partial charge is 0.279 e. The van der Waals surface area contributed by atoms with Gasteiger partial charge in [0.25, 0.3) is 10.2 Å². The van der Waals surface area contributed by atoms with Crippen molar-refractivity contribution < 1.29 is 13.5 Å². The summed E-state index contributed by atoms with van der Waals surface area (Å²) in [4.78, 5) is 0. The molecule has 19 heavy (non-hydrogen) atoms. The van der Waals surface area contributed by atoms with E-state index in [1.165, 1.54) is 15.6 Å². The molecule has 1 fully saturated rings. The molecule has 0 aromatic carbocycles. The van der Waals surface area contributed by atoms with Crippen LogP contribution in [0.4, 0.5) is 0 Å². The van der Waals surface area contributed by atoms with Crippen molar-refractivity contribution in [3.05, 3.63) is 22.4 Å². The highest BCUT2D eigenvalue weighted by atomic mass is 32.2. The van der Waals surface area contributed by atoms with E-state index in [9.17, 15) is 13.5 Å². The van der Waals surface area contributed by atoms with E-state index in [0.717, 1.165) is 24.8 Å². The molecule has 1 aliphatic heterocycles. The molecular weight excluding hydrogens is 284 g/mol. The Morgan fingerprint density at radius 2 is 2.11 bits per heavy atom. The molecule has 108 valence electrons. The van der Waals surface area contributed by atoms with Crippen LogP contribution in [-0.2, 0) is 15.8 Å². The maximum atomic E-state index is 12.1. The Morgan fingerprint density at radius 1 is 1.42 bits per heavy atom. The number of aliphatic hydroxyl groups is 1. The van der Waals surface area contributed by atoms with Gasteiger partial charge in [0.05, 0.1) is 0 Å². The first-order valence-electron chi connectivity index (χ1n) is 6.42. The fourth-order valence-electron chi connectivity index (χ4n) is 2.10. The Labute approximate surface area is 118 Å². The second kappa shape index (κ2) is 5.88. The normalized spacial score (nSPS) is 21.2. The van der Waals surface area contributed by atoms with Gasteiger partial charge >= 0.3 is 0 Å². The van der Waals surface area contributed by atoms with Crippen LogP contribution in [0, 0.1) is 0 Å². The van der Waals surface area contributed by atoms with Crippen LogP contribution < -0.4 is 4.72 Å². The van der Waals surface area contributed by atoms with E-state index >= 15 is 0 Å². The molecule has 1 atom stereocenters. The van der Waals surface area contributed by atoms with Gasteiger partial charge in [-0.3, -0.25) is 0 Å². The molecule has 0 radical (unpaired) electrons. The van der Waals surface area contributed by atoms with Crippen molar-refractivity contribution in [2.24, 2.45) is 0 Å². The third-order valence-electron chi connectivity index (χ3n) is 3.40. The highest BCUT2D eigenvalue weighted by Gasteiger charge is 2.29. The molecule has 1 aromatic heterocycles. The lowest BCUT2D eigenvalue weighted by atomic mass is 10.0. The number of hydrogen-bond acceptors (Lipinski definition) is 4. The van der Waals surface area contributed by atoms with E-state index in [2.05, 4.69) is 4.72 Å². The zero-order chi connectivity index (χ0) is 13.9. The van der Waals surface area contributed by atoms with E-state index in [4.69, 9.17) is 0 Å². The van der Waals surface area contributed by atoms with E-state index in [0.29, 0.717) is 13.1 Å². The number of nitrogens with one attached hydrogen (secondary N) is 1. The molecule has 0 saturated carbocycles. The van der Waals surface area contributed by atoms with Gasteiger partial charge in [-0.05, 0) is 42.2 Å². The maximum absolute atomic E-state index is 12.1. The molecule has 5 nitrogen and oxygen atoms in total. The van der Waals surface area contributed by atoms with Gasteiger partial charge in [-0.1, -0.05) is 6.42 Å². The molecule has 1 aliphatic rings. The molecule has 2 heterocycles. The van der Waals surface area contributed by atoms with Crippen molar-refractivity contribution in [1.82, 2.24) is 9.03 Å². The Kier molecular flexibility index (Phi) is 4.62. The Bertz CT molecular complexity index is 491. The molecule has 2 rings (SSSR count). The summed E-state index contributed by atoms with van der Waals surface area (Å²) in [5, 5.41) is 14.0. The summed E-state index contributed by atoms with van der Waals surface area (Å²) < 4.78 is 28.2. The van der Waals surface area contributed by atoms with Gasteiger partial charge < -0.3 is 5.11 Å². The molecule has 1 saturated heterocycles. The Morgan fingerprint density at radius 3 is 2.68 bits per heavy atom. The lowest BCUT2D eigenvalue weighted by Crippen LogP contribution is -2.47. The first kappa shape index (κ1) is 14.9. The number of piperidine rings is 1. The van der Waals surface area contributed by atoms with Gasteiger partial charge in [-0.15, -0.1) is 0 Å². The van der Waals surface area contributed by atoms with Crippen molar-refractivity contribution in [3.63, 3.8) is 0 Å². The predicted molar refractivity (Wildman–Crippen MR) is 76.2 cm³/mol. The van der Waals surface area contributed by atoms with Crippen molar-refractivity contribution in [2.45, 2.75) is 31.8 Å². The summed E-state index contributed by atoms with van der Waals surface area (Å²) >= 11 is 1.48. The van der Waals surface area contributed by atoms with Crippen molar-refractivity contribution in [3.8, 4) is 0 Å². The SMILES string of the molecule is CC(O)(CNS(=O)(=O)N1CCCCC1)c1ccsc1. The van der Waals surface area contributed by atoms with Crippen molar-refractivity contribution in [2.75, 3.05) is 19.6 Å². The number of nitrogens with zero attached hydrogens (tertiary/aromatic N) is 1. The molecule has 0 spiro atoms. The average Bonchev–Trinajstić information content (AvgIpc) is 2.93. The summed E-state index contributed by atoms with van der Waals surface area (Å²) in [5.41, 5.74) is -0.443. The molecular formula is C12H20N2O3S2. The predicted octanol–water partition coefficient (Wildman–Crippen LogP) is 1.28. The average molecular weight is 304 g/mol. The van der Waals surface area contributed by atoms with E-state index in [1.807, 2.05) is 10.8 Å². The summed E-state index contributed by atoms with van der Waals surface area (Å²) in [6.07, 6.45) is 2.89. The van der Waals surface area contributed by atoms with E-state index in [-0.39, 0.29) is 6.54 Å². The Hall–Kier alpha value is -0.470. The lowest BCUT2D eigenvalue weighted by molar-refractivity contribution is 0.0626. The largest absolute Gasteiger partial charge is 0.384 e. The zero-order valence-electron chi connectivity index (χ0n) is 11.0. The van der Waals surface area contributed by atoms with E-state index in [1.54, 1.807) is 13.0 Å². The summed E-state index contributed by atoms with van der Waals surface area (Å²) in [6, 6.07) is 1.81. The topological polar surface area (TPSA) is 69.6 Å². The fourth-order valence-corrected chi connectivity index (χ4v) is 4.27. The van der Waals surface area contributed by atoms with Gasteiger partial charge in [0, 0.05) is 19.6 Å². The van der Waals surface area contributed by atoms with Crippen LogP contribution in [-0.4, -0.2) is 37.5 Å². The fraction of sp³-hybridized carbons (Fsp3) is 0.667. The number of hydrogen-bond donors (Lipinski definition) is 2. The minimum absolute atomic E-state index is 0.0113. The van der Waals surface area contributed by atoms with Crippen LogP contribution in [0.3, 0.4) is 0 Å². The number of thiophene rings is 1. The molecule has 2 N–H and O–H groups in total. The second-order valence-corrected chi connectivity index (χ2v) is 7.61. The molecule has 0 amide bonds. The molecule has 0 aliphatic carbocycles. The number of rotatable bonds is 5. The van der Waals surface area contributed by atoms with Crippen molar-refractivity contribution >= 4 is 21.5 Å². The van der Waals surface area contributed by atoms with Crippen LogP contribution in [0.2, 0.25) is 0 Å². The van der Waals surface area contributed by atoms with Crippen LogP contribution >= 0.6 is 11.3 Å². The van der Waals surface area contributed by atoms with Crippen LogP contribution in [0.15, 0.2) is 16.8 Å². The van der Waals surface area contributed by atoms with Crippen molar-refractivity contribution in [1.29, 1.82) is 0 Å². The van der Waals surface area contributed by atoms with Gasteiger partial charge in [-0.2, -0.15) is 28.8 Å². The van der Waals surface area contributed by atoms with Crippen LogP contribution in [0.1, 0.15) is 31.7 Å². The highest BCUT2D eigenvalue weighted by molar-refractivity contribution is 7.87. The third-order valence-corrected chi connectivity index (χ3v) is 5.63. The quantitative estimate of drug-likeness (QED) is 0.861. The molecule has 0 bridgehead atoms. The zero-order valence-corrected chi connectivity index (χ0v) is 12.6. The van der Waals surface area contributed by atoms with Gasteiger partial charge in [0.2, 0.25) is 0 Å². The van der Waals surface area contributed by atoms with Gasteiger partial charge in [0.15, 0.2) is 0 Å². The van der Waals surface area contributed by atoms with E-state index < -0.39 is 15.8 Å².